The summed E-state index contributed by atoms with van der Waals surface area (Å²) in [5.41, 5.74) is 0.913. The van der Waals surface area contributed by atoms with Crippen LogP contribution in [0.1, 0.15) is 41.4 Å². The van der Waals surface area contributed by atoms with Gasteiger partial charge in [0, 0.05) is 4.88 Å². The molecule has 2 N–H and O–H groups in total. The van der Waals surface area contributed by atoms with Gasteiger partial charge >= 0.3 is 5.97 Å². The summed E-state index contributed by atoms with van der Waals surface area (Å²) >= 11 is 1.55. The highest BCUT2D eigenvalue weighted by molar-refractivity contribution is 7.11. The molecule has 20 heavy (non-hydrogen) atoms. The number of thiazole rings is 1. The van der Waals surface area contributed by atoms with E-state index < -0.39 is 18.2 Å². The molecule has 0 saturated carbocycles. The molecule has 1 unspecified atom stereocenters. The van der Waals surface area contributed by atoms with Crippen molar-refractivity contribution in [3.63, 3.8) is 0 Å². The summed E-state index contributed by atoms with van der Waals surface area (Å²) in [6.45, 7) is 5.72. The van der Waals surface area contributed by atoms with Crippen molar-refractivity contribution in [3.8, 4) is 0 Å². The zero-order chi connectivity index (χ0) is 14.9. The van der Waals surface area contributed by atoms with Crippen molar-refractivity contribution in [3.05, 3.63) is 15.6 Å². The quantitative estimate of drug-likeness (QED) is 0.881. The zero-order valence-corrected chi connectivity index (χ0v) is 12.5. The number of hydrogen-bond acceptors (Lipinski definition) is 5. The van der Waals surface area contributed by atoms with Crippen LogP contribution in [-0.4, -0.2) is 34.2 Å². The van der Waals surface area contributed by atoms with Crippen molar-refractivity contribution in [1.82, 2.24) is 10.3 Å². The van der Waals surface area contributed by atoms with Gasteiger partial charge in [0.25, 0.3) is 0 Å². The highest BCUT2D eigenvalue weighted by Crippen LogP contribution is 2.26. The lowest BCUT2D eigenvalue weighted by atomic mass is 10.1. The first-order chi connectivity index (χ1) is 9.38. The number of carbonyl (C=O) groups excluding carboxylic acids is 1. The molecule has 2 heterocycles. The second kappa shape index (κ2) is 5.88. The van der Waals surface area contributed by atoms with Gasteiger partial charge in [-0.2, -0.15) is 0 Å². The van der Waals surface area contributed by atoms with E-state index in [9.17, 15) is 9.59 Å². The Kier molecular flexibility index (Phi) is 4.39. The Bertz CT molecular complexity index is 528. The standard InChI is InChI=1S/C13H18N2O4S/c1-6-11(20-8(3)14-6)7(2)15-12(16)9-4-5-10(19-9)13(17)18/h7,9-10H,4-5H2,1-3H3,(H,15,16)(H,17,18)/t7?,9-,10+/m0/s1. The topological polar surface area (TPSA) is 88.5 Å². The minimum Gasteiger partial charge on any atom is -0.479 e. The molecular weight excluding hydrogens is 280 g/mol. The number of ether oxygens (including phenoxy) is 1. The number of amides is 1. The molecule has 3 atom stereocenters. The number of carboxylic acid groups (broad SMARTS) is 1. The molecule has 2 rings (SSSR count). The van der Waals surface area contributed by atoms with E-state index in [2.05, 4.69) is 10.3 Å². The molecule has 0 spiro atoms. The summed E-state index contributed by atoms with van der Waals surface area (Å²) < 4.78 is 5.23. The fourth-order valence-electron chi connectivity index (χ4n) is 2.33. The van der Waals surface area contributed by atoms with Crippen LogP contribution >= 0.6 is 11.3 Å². The van der Waals surface area contributed by atoms with E-state index in [0.29, 0.717) is 12.8 Å². The molecule has 110 valence electrons. The molecular formula is C13H18N2O4S. The Morgan fingerprint density at radius 3 is 2.55 bits per heavy atom. The van der Waals surface area contributed by atoms with Crippen LogP contribution in [0, 0.1) is 13.8 Å². The third kappa shape index (κ3) is 3.16. The Labute approximate surface area is 121 Å². The summed E-state index contributed by atoms with van der Waals surface area (Å²) in [5.74, 6) is -1.27. The number of carbonyl (C=O) groups is 2. The average Bonchev–Trinajstić information content (AvgIpc) is 2.95. The number of nitrogens with one attached hydrogen (secondary N) is 1. The normalized spacial score (nSPS) is 23.6. The van der Waals surface area contributed by atoms with Crippen LogP contribution in [0.4, 0.5) is 0 Å². The number of aryl methyl sites for hydroxylation is 2. The van der Waals surface area contributed by atoms with Gasteiger partial charge in [-0.25, -0.2) is 9.78 Å². The van der Waals surface area contributed by atoms with Gasteiger partial charge in [0.1, 0.15) is 6.10 Å². The van der Waals surface area contributed by atoms with E-state index in [1.807, 2.05) is 20.8 Å². The van der Waals surface area contributed by atoms with E-state index in [1.165, 1.54) is 0 Å². The first-order valence-corrected chi connectivity index (χ1v) is 7.32. The maximum Gasteiger partial charge on any atom is 0.332 e. The van der Waals surface area contributed by atoms with Gasteiger partial charge in [-0.05, 0) is 33.6 Å². The van der Waals surface area contributed by atoms with Crippen LogP contribution in [0.5, 0.6) is 0 Å². The number of carboxylic acids is 1. The van der Waals surface area contributed by atoms with Gasteiger partial charge in [0.15, 0.2) is 6.10 Å². The highest BCUT2D eigenvalue weighted by atomic mass is 32.1. The molecule has 1 fully saturated rings. The van der Waals surface area contributed by atoms with Crippen LogP contribution in [-0.2, 0) is 14.3 Å². The van der Waals surface area contributed by atoms with E-state index in [0.717, 1.165) is 15.6 Å². The van der Waals surface area contributed by atoms with Crippen molar-refractivity contribution in [2.45, 2.75) is 51.9 Å². The molecule has 7 heteroatoms. The third-order valence-corrected chi connectivity index (χ3v) is 4.53. The zero-order valence-electron chi connectivity index (χ0n) is 11.7. The van der Waals surface area contributed by atoms with Crippen LogP contribution in [0.25, 0.3) is 0 Å². The smallest absolute Gasteiger partial charge is 0.332 e. The summed E-state index contributed by atoms with van der Waals surface area (Å²) in [5, 5.41) is 12.7. The summed E-state index contributed by atoms with van der Waals surface area (Å²) in [6.07, 6.45) is -0.724. The van der Waals surface area contributed by atoms with E-state index in [4.69, 9.17) is 9.84 Å². The molecule has 0 aromatic carbocycles. The lowest BCUT2D eigenvalue weighted by Crippen LogP contribution is -2.37. The Hall–Kier alpha value is -1.47. The molecule has 1 aromatic heterocycles. The molecule has 1 aliphatic heterocycles. The van der Waals surface area contributed by atoms with Gasteiger partial charge in [0.2, 0.25) is 5.91 Å². The van der Waals surface area contributed by atoms with Crippen LogP contribution in [0.3, 0.4) is 0 Å². The number of rotatable bonds is 4. The van der Waals surface area contributed by atoms with E-state index >= 15 is 0 Å². The van der Waals surface area contributed by atoms with Crippen LogP contribution < -0.4 is 5.32 Å². The minimum absolute atomic E-state index is 0.152. The Morgan fingerprint density at radius 1 is 1.40 bits per heavy atom. The Balaban J connectivity index is 1.95. The third-order valence-electron chi connectivity index (χ3n) is 3.28. The van der Waals surface area contributed by atoms with Gasteiger partial charge in [0.05, 0.1) is 16.7 Å². The lowest BCUT2D eigenvalue weighted by molar-refractivity contribution is -0.151. The molecule has 0 bridgehead atoms. The monoisotopic (exact) mass is 298 g/mol. The largest absolute Gasteiger partial charge is 0.479 e. The lowest BCUT2D eigenvalue weighted by Gasteiger charge is -2.16. The Morgan fingerprint density at radius 2 is 2.05 bits per heavy atom. The van der Waals surface area contributed by atoms with E-state index in [-0.39, 0.29) is 11.9 Å². The van der Waals surface area contributed by atoms with Crippen molar-refractivity contribution >= 4 is 23.2 Å². The fourth-order valence-corrected chi connectivity index (χ4v) is 3.26. The van der Waals surface area contributed by atoms with E-state index in [1.54, 1.807) is 11.3 Å². The van der Waals surface area contributed by atoms with Gasteiger partial charge < -0.3 is 15.2 Å². The summed E-state index contributed by atoms with van der Waals surface area (Å²) in [6, 6.07) is -0.152. The van der Waals surface area contributed by atoms with Gasteiger partial charge in [-0.1, -0.05) is 0 Å². The first kappa shape index (κ1) is 14.9. The molecule has 1 aliphatic rings. The van der Waals surface area contributed by atoms with Crippen molar-refractivity contribution in [1.29, 1.82) is 0 Å². The number of hydrogen-bond donors (Lipinski definition) is 2. The first-order valence-electron chi connectivity index (χ1n) is 6.51. The van der Waals surface area contributed by atoms with Crippen LogP contribution in [0.15, 0.2) is 0 Å². The minimum atomic E-state index is -1.01. The fraction of sp³-hybridized carbons (Fsp3) is 0.615. The van der Waals surface area contributed by atoms with Crippen molar-refractivity contribution in [2.24, 2.45) is 0 Å². The maximum absolute atomic E-state index is 12.1. The summed E-state index contributed by atoms with van der Waals surface area (Å²) in [4.78, 5) is 28.2. The predicted octanol–water partition coefficient (Wildman–Crippen LogP) is 1.57. The second-order valence-corrected chi connectivity index (χ2v) is 6.18. The molecule has 1 amide bonds. The molecule has 0 aliphatic carbocycles. The molecule has 6 nitrogen and oxygen atoms in total. The molecule has 1 aromatic rings. The van der Waals surface area contributed by atoms with Crippen molar-refractivity contribution in [2.75, 3.05) is 0 Å². The predicted molar refractivity (Wildman–Crippen MR) is 73.7 cm³/mol. The maximum atomic E-state index is 12.1. The average molecular weight is 298 g/mol. The molecule has 0 radical (unpaired) electrons. The van der Waals surface area contributed by atoms with Gasteiger partial charge in [-0.3, -0.25) is 4.79 Å². The number of nitrogens with zero attached hydrogens (tertiary/aromatic N) is 1. The number of aromatic nitrogens is 1. The van der Waals surface area contributed by atoms with Crippen molar-refractivity contribution < 1.29 is 19.4 Å². The van der Waals surface area contributed by atoms with Crippen LogP contribution in [0.2, 0.25) is 0 Å². The number of aliphatic carboxylic acids is 1. The highest BCUT2D eigenvalue weighted by Gasteiger charge is 2.35. The molecule has 1 saturated heterocycles. The second-order valence-electron chi connectivity index (χ2n) is 4.94. The van der Waals surface area contributed by atoms with Gasteiger partial charge in [-0.15, -0.1) is 11.3 Å². The summed E-state index contributed by atoms with van der Waals surface area (Å²) in [7, 11) is 0. The SMILES string of the molecule is Cc1nc(C)c(C(C)NC(=O)[C@@H]2CC[C@H](C(=O)O)O2)s1.